The second-order valence-corrected chi connectivity index (χ2v) is 7.86. The molecule has 2 nitrogen and oxygen atoms in total. The van der Waals surface area contributed by atoms with Gasteiger partial charge in [-0.15, -0.1) is 0 Å². The molecule has 3 atom stereocenters. The maximum absolute atomic E-state index is 9.89. The zero-order valence-electron chi connectivity index (χ0n) is 13.3. The lowest BCUT2D eigenvalue weighted by Gasteiger charge is -2.55. The standard InChI is InChI=1S/C19H27NO/c1-13-18-10-15-6-7-16(21)11-17(15)19(13,2)8-9-20(18)12-14-4-3-5-14/h6-7,11,13-14,18,21H,3-5,8-10,12H2,1-2H3/t13-,18+,19-/m1/s1. The van der Waals surface area contributed by atoms with Crippen molar-refractivity contribution in [1.82, 2.24) is 4.90 Å². The third-order valence-corrected chi connectivity index (χ3v) is 6.82. The van der Waals surface area contributed by atoms with Gasteiger partial charge in [0.05, 0.1) is 0 Å². The third-order valence-electron chi connectivity index (χ3n) is 6.82. The zero-order valence-corrected chi connectivity index (χ0v) is 13.3. The number of aromatic hydroxyl groups is 1. The van der Waals surface area contributed by atoms with E-state index >= 15 is 0 Å². The Bertz CT molecular complexity index is 550. The lowest BCUT2D eigenvalue weighted by atomic mass is 9.59. The number of phenols is 1. The molecule has 2 bridgehead atoms. The van der Waals surface area contributed by atoms with Crippen molar-refractivity contribution in [2.45, 2.75) is 57.4 Å². The van der Waals surface area contributed by atoms with Crippen LogP contribution in [0.1, 0.15) is 50.7 Å². The van der Waals surface area contributed by atoms with E-state index in [4.69, 9.17) is 0 Å². The van der Waals surface area contributed by atoms with E-state index in [1.807, 2.05) is 12.1 Å². The molecule has 0 radical (unpaired) electrons. The average Bonchev–Trinajstić information content (AvgIpc) is 2.41. The molecule has 0 amide bonds. The molecule has 1 N–H and O–H groups in total. The van der Waals surface area contributed by atoms with Crippen LogP contribution in [0.25, 0.3) is 0 Å². The molecule has 0 spiro atoms. The van der Waals surface area contributed by atoms with Gasteiger partial charge in [0.25, 0.3) is 0 Å². The highest BCUT2D eigenvalue weighted by Crippen LogP contribution is 2.49. The molecular formula is C19H27NO. The van der Waals surface area contributed by atoms with Crippen LogP contribution in [-0.2, 0) is 11.8 Å². The average molecular weight is 285 g/mol. The second-order valence-electron chi connectivity index (χ2n) is 7.86. The Kier molecular flexibility index (Phi) is 3.08. The van der Waals surface area contributed by atoms with Gasteiger partial charge in [-0.2, -0.15) is 0 Å². The molecule has 114 valence electrons. The molecule has 2 fully saturated rings. The van der Waals surface area contributed by atoms with Gasteiger partial charge in [0.2, 0.25) is 0 Å². The summed E-state index contributed by atoms with van der Waals surface area (Å²) in [7, 11) is 0. The Morgan fingerprint density at radius 3 is 2.86 bits per heavy atom. The number of benzene rings is 1. The minimum Gasteiger partial charge on any atom is -0.508 e. The molecule has 1 heterocycles. The first-order chi connectivity index (χ1) is 10.1. The van der Waals surface area contributed by atoms with Crippen molar-refractivity contribution in [3.8, 4) is 5.75 Å². The topological polar surface area (TPSA) is 23.5 Å². The van der Waals surface area contributed by atoms with Crippen LogP contribution in [0.4, 0.5) is 0 Å². The van der Waals surface area contributed by atoms with Crippen molar-refractivity contribution in [3.63, 3.8) is 0 Å². The van der Waals surface area contributed by atoms with Gasteiger partial charge in [-0.25, -0.2) is 0 Å². The van der Waals surface area contributed by atoms with E-state index in [2.05, 4.69) is 24.8 Å². The summed E-state index contributed by atoms with van der Waals surface area (Å²) in [6.45, 7) is 7.41. The van der Waals surface area contributed by atoms with Crippen molar-refractivity contribution in [2.75, 3.05) is 13.1 Å². The van der Waals surface area contributed by atoms with Crippen LogP contribution in [0, 0.1) is 11.8 Å². The minimum absolute atomic E-state index is 0.243. The Morgan fingerprint density at radius 2 is 2.14 bits per heavy atom. The summed E-state index contributed by atoms with van der Waals surface area (Å²) in [5, 5.41) is 9.89. The molecule has 1 aromatic carbocycles. The molecule has 21 heavy (non-hydrogen) atoms. The van der Waals surface area contributed by atoms with Gasteiger partial charge < -0.3 is 5.11 Å². The smallest absolute Gasteiger partial charge is 0.115 e. The molecule has 0 unspecified atom stereocenters. The molecule has 4 rings (SSSR count). The molecule has 2 aliphatic carbocycles. The zero-order chi connectivity index (χ0) is 14.6. The van der Waals surface area contributed by atoms with E-state index in [-0.39, 0.29) is 5.41 Å². The maximum atomic E-state index is 9.89. The van der Waals surface area contributed by atoms with Crippen LogP contribution < -0.4 is 0 Å². The van der Waals surface area contributed by atoms with Crippen LogP contribution in [0.3, 0.4) is 0 Å². The first-order valence-corrected chi connectivity index (χ1v) is 8.64. The Labute approximate surface area is 128 Å². The summed E-state index contributed by atoms with van der Waals surface area (Å²) >= 11 is 0. The van der Waals surface area contributed by atoms with Gasteiger partial charge in [0.15, 0.2) is 0 Å². The lowest BCUT2D eigenvalue weighted by molar-refractivity contribution is 0.0122. The summed E-state index contributed by atoms with van der Waals surface area (Å²) < 4.78 is 0. The first-order valence-electron chi connectivity index (χ1n) is 8.64. The summed E-state index contributed by atoms with van der Waals surface area (Å²) in [4.78, 5) is 2.78. The Morgan fingerprint density at radius 1 is 1.33 bits per heavy atom. The van der Waals surface area contributed by atoms with E-state index in [0.29, 0.717) is 17.7 Å². The molecule has 1 saturated carbocycles. The van der Waals surface area contributed by atoms with Crippen LogP contribution in [-0.4, -0.2) is 29.1 Å². The molecule has 1 saturated heterocycles. The fourth-order valence-corrected chi connectivity index (χ4v) is 4.93. The highest BCUT2D eigenvalue weighted by Gasteiger charge is 2.48. The fourth-order valence-electron chi connectivity index (χ4n) is 4.93. The first kappa shape index (κ1) is 13.6. The summed E-state index contributed by atoms with van der Waals surface area (Å²) in [6.07, 6.45) is 6.73. The molecule has 1 aliphatic heterocycles. The van der Waals surface area contributed by atoms with Crippen molar-refractivity contribution in [1.29, 1.82) is 0 Å². The van der Waals surface area contributed by atoms with E-state index in [0.717, 1.165) is 5.92 Å². The van der Waals surface area contributed by atoms with E-state index in [1.165, 1.54) is 56.3 Å². The monoisotopic (exact) mass is 285 g/mol. The molecule has 0 aromatic heterocycles. The number of hydrogen-bond acceptors (Lipinski definition) is 2. The van der Waals surface area contributed by atoms with Crippen molar-refractivity contribution >= 4 is 0 Å². The predicted octanol–water partition coefficient (Wildman–Crippen LogP) is 3.72. The van der Waals surface area contributed by atoms with E-state index in [1.54, 1.807) is 0 Å². The molecular weight excluding hydrogens is 258 g/mol. The quantitative estimate of drug-likeness (QED) is 0.895. The Hall–Kier alpha value is -1.02. The van der Waals surface area contributed by atoms with Gasteiger partial charge in [-0.3, -0.25) is 4.90 Å². The highest BCUT2D eigenvalue weighted by atomic mass is 16.3. The second kappa shape index (κ2) is 4.74. The van der Waals surface area contributed by atoms with Crippen LogP contribution in [0.5, 0.6) is 5.75 Å². The largest absolute Gasteiger partial charge is 0.508 e. The van der Waals surface area contributed by atoms with Crippen molar-refractivity contribution < 1.29 is 5.11 Å². The number of rotatable bonds is 2. The van der Waals surface area contributed by atoms with Gasteiger partial charge >= 0.3 is 0 Å². The Balaban J connectivity index is 1.66. The van der Waals surface area contributed by atoms with Gasteiger partial charge in [0.1, 0.15) is 5.75 Å². The summed E-state index contributed by atoms with van der Waals surface area (Å²) in [6, 6.07) is 6.75. The predicted molar refractivity (Wildman–Crippen MR) is 85.6 cm³/mol. The highest BCUT2D eigenvalue weighted by molar-refractivity contribution is 5.44. The maximum Gasteiger partial charge on any atom is 0.115 e. The van der Waals surface area contributed by atoms with Crippen LogP contribution in [0.2, 0.25) is 0 Å². The van der Waals surface area contributed by atoms with Crippen molar-refractivity contribution in [2.24, 2.45) is 11.8 Å². The number of piperidine rings is 1. The van der Waals surface area contributed by atoms with E-state index < -0.39 is 0 Å². The number of nitrogens with zero attached hydrogens (tertiary/aromatic N) is 1. The summed E-state index contributed by atoms with van der Waals surface area (Å²) in [5.41, 5.74) is 3.12. The molecule has 2 heteroatoms. The van der Waals surface area contributed by atoms with Gasteiger partial charge in [-0.05, 0) is 72.7 Å². The van der Waals surface area contributed by atoms with Gasteiger partial charge in [0, 0.05) is 12.6 Å². The SMILES string of the molecule is C[C@@H]1[C@@H]2Cc3ccc(O)cc3[C@]1(C)CCN2CC1CCC1. The lowest BCUT2D eigenvalue weighted by Crippen LogP contribution is -2.58. The normalized spacial score (nSPS) is 36.1. The third kappa shape index (κ3) is 2.03. The van der Waals surface area contributed by atoms with Crippen LogP contribution in [0.15, 0.2) is 18.2 Å². The summed E-state index contributed by atoms with van der Waals surface area (Å²) in [5.74, 6) is 2.07. The number of fused-ring (bicyclic) bond motifs is 4. The van der Waals surface area contributed by atoms with Crippen LogP contribution >= 0.6 is 0 Å². The van der Waals surface area contributed by atoms with E-state index in [9.17, 15) is 5.11 Å². The number of phenolic OH excluding ortho intramolecular Hbond substituents is 1. The molecule has 1 aromatic rings. The van der Waals surface area contributed by atoms with Crippen molar-refractivity contribution in [3.05, 3.63) is 29.3 Å². The number of likely N-dealkylation sites (tertiary alicyclic amines) is 1. The molecule has 3 aliphatic rings. The minimum atomic E-state index is 0.243. The fraction of sp³-hybridized carbons (Fsp3) is 0.684. The number of hydrogen-bond donors (Lipinski definition) is 1. The van der Waals surface area contributed by atoms with Gasteiger partial charge in [-0.1, -0.05) is 26.3 Å².